The maximum absolute atomic E-state index is 12.1. The lowest BCUT2D eigenvalue weighted by atomic mass is 10.1. The van der Waals surface area contributed by atoms with Gasteiger partial charge in [-0.3, -0.25) is 4.79 Å². The maximum atomic E-state index is 12.1. The summed E-state index contributed by atoms with van der Waals surface area (Å²) in [6.45, 7) is 0.148. The lowest BCUT2D eigenvalue weighted by Gasteiger charge is -2.05. The molecule has 22 heavy (non-hydrogen) atoms. The number of hydrogen-bond acceptors (Lipinski definition) is 5. The van der Waals surface area contributed by atoms with Gasteiger partial charge < -0.3 is 19.3 Å². The minimum atomic E-state index is -0.283. The van der Waals surface area contributed by atoms with Crippen LogP contribution in [0.25, 0.3) is 6.08 Å². The molecule has 0 saturated carbocycles. The van der Waals surface area contributed by atoms with Crippen LogP contribution in [0.5, 0.6) is 23.0 Å². The SMILES string of the molecule is COc1cc(/C=C/C(=O)c2ccccc2O)cc2c1OCO2. The Morgan fingerprint density at radius 3 is 2.86 bits per heavy atom. The summed E-state index contributed by atoms with van der Waals surface area (Å²) in [4.78, 5) is 12.1. The molecular weight excluding hydrogens is 284 g/mol. The molecule has 0 bridgehead atoms. The average Bonchev–Trinajstić information content (AvgIpc) is 3.00. The van der Waals surface area contributed by atoms with Crippen LogP contribution in [0.4, 0.5) is 0 Å². The van der Waals surface area contributed by atoms with E-state index in [1.54, 1.807) is 36.4 Å². The van der Waals surface area contributed by atoms with E-state index < -0.39 is 0 Å². The Labute approximate surface area is 127 Å². The molecule has 1 N–H and O–H groups in total. The first-order valence-corrected chi connectivity index (χ1v) is 6.67. The van der Waals surface area contributed by atoms with Crippen molar-refractivity contribution in [2.75, 3.05) is 13.9 Å². The molecule has 2 aromatic carbocycles. The van der Waals surface area contributed by atoms with Crippen LogP contribution in [-0.2, 0) is 0 Å². The Balaban J connectivity index is 1.87. The van der Waals surface area contributed by atoms with Gasteiger partial charge >= 0.3 is 0 Å². The highest BCUT2D eigenvalue weighted by atomic mass is 16.7. The largest absolute Gasteiger partial charge is 0.507 e. The van der Waals surface area contributed by atoms with Crippen molar-refractivity contribution in [1.82, 2.24) is 0 Å². The first-order chi connectivity index (χ1) is 10.7. The van der Waals surface area contributed by atoms with Gasteiger partial charge in [0.2, 0.25) is 12.5 Å². The first-order valence-electron chi connectivity index (χ1n) is 6.67. The van der Waals surface area contributed by atoms with Crippen LogP contribution in [0.3, 0.4) is 0 Å². The van der Waals surface area contributed by atoms with Gasteiger partial charge in [-0.05, 0) is 35.9 Å². The van der Waals surface area contributed by atoms with Crippen molar-refractivity contribution >= 4 is 11.9 Å². The third-order valence-corrected chi connectivity index (χ3v) is 3.28. The molecular formula is C17H14O5. The van der Waals surface area contributed by atoms with E-state index in [1.165, 1.54) is 19.3 Å². The maximum Gasteiger partial charge on any atom is 0.231 e. The van der Waals surface area contributed by atoms with Crippen LogP contribution in [-0.4, -0.2) is 24.8 Å². The summed E-state index contributed by atoms with van der Waals surface area (Å²) in [5.74, 6) is 1.36. The molecule has 1 aliphatic rings. The molecule has 3 rings (SSSR count). The van der Waals surface area contributed by atoms with E-state index in [-0.39, 0.29) is 23.9 Å². The zero-order valence-corrected chi connectivity index (χ0v) is 11.9. The quantitative estimate of drug-likeness (QED) is 0.694. The number of allylic oxidation sites excluding steroid dienone is 1. The molecule has 0 saturated heterocycles. The number of carbonyl (C=O) groups is 1. The van der Waals surface area contributed by atoms with Crippen LogP contribution in [0, 0.1) is 0 Å². The highest BCUT2D eigenvalue weighted by Crippen LogP contribution is 2.42. The number of ether oxygens (including phenoxy) is 3. The van der Waals surface area contributed by atoms with E-state index in [0.717, 1.165) is 5.56 Å². The number of rotatable bonds is 4. The molecule has 0 spiro atoms. The molecule has 2 aromatic rings. The third kappa shape index (κ3) is 2.61. The van der Waals surface area contributed by atoms with Crippen LogP contribution < -0.4 is 14.2 Å². The molecule has 1 heterocycles. The van der Waals surface area contributed by atoms with Crippen LogP contribution in [0.2, 0.25) is 0 Å². The van der Waals surface area contributed by atoms with Gasteiger partial charge in [-0.1, -0.05) is 18.2 Å². The first kappa shape index (κ1) is 14.0. The minimum absolute atomic E-state index is 0.0413. The molecule has 0 amide bonds. The lowest BCUT2D eigenvalue weighted by Crippen LogP contribution is -1.94. The Bertz CT molecular complexity index is 749. The summed E-state index contributed by atoms with van der Waals surface area (Å²) in [5.41, 5.74) is 0.997. The van der Waals surface area contributed by atoms with Crippen LogP contribution in [0.1, 0.15) is 15.9 Å². The topological polar surface area (TPSA) is 65.0 Å². The highest BCUT2D eigenvalue weighted by Gasteiger charge is 2.19. The second kappa shape index (κ2) is 5.81. The summed E-state index contributed by atoms with van der Waals surface area (Å²) < 4.78 is 15.9. The van der Waals surface area contributed by atoms with Crippen molar-refractivity contribution in [3.63, 3.8) is 0 Å². The molecule has 112 valence electrons. The minimum Gasteiger partial charge on any atom is -0.507 e. The molecule has 1 aliphatic heterocycles. The van der Waals surface area contributed by atoms with Gasteiger partial charge in [-0.25, -0.2) is 0 Å². The van der Waals surface area contributed by atoms with E-state index >= 15 is 0 Å². The number of phenolic OH excluding ortho intramolecular Hbond substituents is 1. The fourth-order valence-corrected chi connectivity index (χ4v) is 2.19. The van der Waals surface area contributed by atoms with Crippen molar-refractivity contribution < 1.29 is 24.1 Å². The van der Waals surface area contributed by atoms with E-state index in [2.05, 4.69) is 0 Å². The Morgan fingerprint density at radius 2 is 2.09 bits per heavy atom. The second-order valence-corrected chi connectivity index (χ2v) is 4.67. The molecule has 0 radical (unpaired) electrons. The van der Waals surface area contributed by atoms with Gasteiger partial charge in [0.25, 0.3) is 0 Å². The van der Waals surface area contributed by atoms with Crippen LogP contribution in [0.15, 0.2) is 42.5 Å². The van der Waals surface area contributed by atoms with Crippen molar-refractivity contribution in [2.24, 2.45) is 0 Å². The molecule has 0 aliphatic carbocycles. The standard InChI is InChI=1S/C17H14O5/c1-20-15-8-11(9-16-17(15)22-10-21-16)6-7-14(19)12-4-2-3-5-13(12)18/h2-9,18H,10H2,1H3/b7-6+. The van der Waals surface area contributed by atoms with E-state index in [1.807, 2.05) is 0 Å². The predicted octanol–water partition coefficient (Wildman–Crippen LogP) is 3.03. The van der Waals surface area contributed by atoms with Gasteiger partial charge in [0, 0.05) is 0 Å². The predicted molar refractivity (Wildman–Crippen MR) is 80.6 cm³/mol. The number of ketones is 1. The van der Waals surface area contributed by atoms with Gasteiger partial charge in [-0.2, -0.15) is 0 Å². The third-order valence-electron chi connectivity index (χ3n) is 3.28. The summed E-state index contributed by atoms with van der Waals surface area (Å²) in [6.07, 6.45) is 3.03. The summed E-state index contributed by atoms with van der Waals surface area (Å²) >= 11 is 0. The second-order valence-electron chi connectivity index (χ2n) is 4.67. The summed E-state index contributed by atoms with van der Waals surface area (Å²) in [6, 6.07) is 9.93. The molecule has 0 unspecified atom stereocenters. The van der Waals surface area contributed by atoms with Gasteiger partial charge in [0.05, 0.1) is 12.7 Å². The fraction of sp³-hybridized carbons (Fsp3) is 0.118. The van der Waals surface area contributed by atoms with Gasteiger partial charge in [0.1, 0.15) is 5.75 Å². The Kier molecular flexibility index (Phi) is 3.70. The van der Waals surface area contributed by atoms with Crippen LogP contribution >= 0.6 is 0 Å². The van der Waals surface area contributed by atoms with Gasteiger partial charge in [-0.15, -0.1) is 0 Å². The number of fused-ring (bicyclic) bond motifs is 1. The molecule has 0 fully saturated rings. The number of aromatic hydroxyl groups is 1. The number of phenols is 1. The normalized spacial score (nSPS) is 12.6. The van der Waals surface area contributed by atoms with Gasteiger partial charge in [0.15, 0.2) is 17.3 Å². The summed E-state index contributed by atoms with van der Waals surface area (Å²) in [7, 11) is 1.54. The number of methoxy groups -OCH3 is 1. The number of carbonyl (C=O) groups excluding carboxylic acids is 1. The molecule has 0 aromatic heterocycles. The zero-order chi connectivity index (χ0) is 15.5. The average molecular weight is 298 g/mol. The monoisotopic (exact) mass is 298 g/mol. The van der Waals surface area contributed by atoms with E-state index in [9.17, 15) is 9.90 Å². The highest BCUT2D eigenvalue weighted by molar-refractivity contribution is 6.08. The van der Waals surface area contributed by atoms with E-state index in [0.29, 0.717) is 17.2 Å². The number of benzene rings is 2. The summed E-state index contributed by atoms with van der Waals surface area (Å²) in [5, 5.41) is 9.68. The molecule has 5 heteroatoms. The number of hydrogen-bond donors (Lipinski definition) is 1. The van der Waals surface area contributed by atoms with Crippen molar-refractivity contribution in [3.05, 3.63) is 53.6 Å². The number of para-hydroxylation sites is 1. The van der Waals surface area contributed by atoms with Crippen molar-refractivity contribution in [3.8, 4) is 23.0 Å². The Hall–Kier alpha value is -2.95. The molecule has 0 atom stereocenters. The van der Waals surface area contributed by atoms with E-state index in [4.69, 9.17) is 14.2 Å². The fourth-order valence-electron chi connectivity index (χ4n) is 2.19. The zero-order valence-electron chi connectivity index (χ0n) is 11.9. The molecule has 5 nitrogen and oxygen atoms in total. The van der Waals surface area contributed by atoms with Crippen molar-refractivity contribution in [2.45, 2.75) is 0 Å². The van der Waals surface area contributed by atoms with Crippen molar-refractivity contribution in [1.29, 1.82) is 0 Å². The lowest BCUT2D eigenvalue weighted by molar-refractivity contribution is 0.104. The smallest absolute Gasteiger partial charge is 0.231 e. The Morgan fingerprint density at radius 1 is 1.27 bits per heavy atom.